The van der Waals surface area contributed by atoms with Crippen LogP contribution in [0.4, 0.5) is 23.2 Å². The van der Waals surface area contributed by atoms with E-state index >= 15 is 0 Å². The fourth-order valence-corrected chi connectivity index (χ4v) is 1.44. The van der Waals surface area contributed by atoms with Crippen molar-refractivity contribution in [1.29, 1.82) is 0 Å². The third-order valence-corrected chi connectivity index (χ3v) is 2.28. The average molecular weight is 275 g/mol. The van der Waals surface area contributed by atoms with Gasteiger partial charge in [-0.1, -0.05) is 0 Å². The zero-order valence-corrected chi connectivity index (χ0v) is 9.75. The lowest BCUT2D eigenvalue weighted by atomic mass is 10.2. The Labute approximate surface area is 105 Å². The molecule has 0 aliphatic heterocycles. The first kappa shape index (κ1) is 13.3. The maximum Gasteiger partial charge on any atom is 0.419 e. The molecule has 0 saturated heterocycles. The minimum atomic E-state index is -4.73. The van der Waals surface area contributed by atoms with E-state index in [-0.39, 0.29) is 18.1 Å². The molecule has 0 radical (unpaired) electrons. The Kier molecular flexibility index (Phi) is 3.41. The lowest BCUT2D eigenvalue weighted by Gasteiger charge is -2.10. The van der Waals surface area contributed by atoms with E-state index in [9.17, 15) is 17.6 Å². The van der Waals surface area contributed by atoms with Crippen LogP contribution < -0.4 is 5.32 Å². The Morgan fingerprint density at radius 3 is 2.58 bits per heavy atom. The molecule has 19 heavy (non-hydrogen) atoms. The monoisotopic (exact) mass is 275 g/mol. The Balaban J connectivity index is 2.13. The number of halogens is 4. The molecule has 4 nitrogen and oxygen atoms in total. The van der Waals surface area contributed by atoms with Crippen molar-refractivity contribution >= 4 is 5.69 Å². The summed E-state index contributed by atoms with van der Waals surface area (Å²) in [6, 6.07) is 2.65. The fourth-order valence-electron chi connectivity index (χ4n) is 1.44. The number of anilines is 1. The number of hydrogen-bond donors (Lipinski definition) is 1. The van der Waals surface area contributed by atoms with Crippen LogP contribution in [0.5, 0.6) is 0 Å². The predicted molar refractivity (Wildman–Crippen MR) is 57.8 cm³/mol. The Bertz CT molecular complexity index is 580. The van der Waals surface area contributed by atoms with Crippen LogP contribution in [0.3, 0.4) is 0 Å². The van der Waals surface area contributed by atoms with E-state index in [0.717, 1.165) is 6.07 Å². The summed E-state index contributed by atoms with van der Waals surface area (Å²) in [5, 5.41) is 9.90. The first-order valence-electron chi connectivity index (χ1n) is 5.26. The van der Waals surface area contributed by atoms with Crippen LogP contribution in [0, 0.1) is 12.7 Å². The molecule has 0 bridgehead atoms. The summed E-state index contributed by atoms with van der Waals surface area (Å²) in [7, 11) is 0. The number of hydrogen-bond acceptors (Lipinski definition) is 4. The number of rotatable bonds is 3. The van der Waals surface area contributed by atoms with Crippen molar-refractivity contribution in [1.82, 2.24) is 10.2 Å². The first-order valence-corrected chi connectivity index (χ1v) is 5.26. The fraction of sp³-hybridized carbons (Fsp3) is 0.273. The van der Waals surface area contributed by atoms with Gasteiger partial charge >= 0.3 is 6.18 Å². The quantitative estimate of drug-likeness (QED) is 0.874. The Morgan fingerprint density at radius 2 is 2.00 bits per heavy atom. The molecule has 0 fully saturated rings. The van der Waals surface area contributed by atoms with Gasteiger partial charge in [0, 0.05) is 12.6 Å². The Hall–Kier alpha value is -2.12. The van der Waals surface area contributed by atoms with Crippen molar-refractivity contribution in [2.24, 2.45) is 0 Å². The van der Waals surface area contributed by atoms with Gasteiger partial charge in [0.2, 0.25) is 11.8 Å². The molecule has 2 rings (SSSR count). The van der Waals surface area contributed by atoms with E-state index in [2.05, 4.69) is 15.5 Å². The molecule has 8 heteroatoms. The molecule has 2 aromatic rings. The summed E-state index contributed by atoms with van der Waals surface area (Å²) in [5.74, 6) is -0.728. The lowest BCUT2D eigenvalue weighted by Crippen LogP contribution is -2.09. The van der Waals surface area contributed by atoms with Crippen molar-refractivity contribution in [3.8, 4) is 0 Å². The highest BCUT2D eigenvalue weighted by Gasteiger charge is 2.34. The van der Waals surface area contributed by atoms with Crippen LogP contribution in [0.2, 0.25) is 0 Å². The zero-order chi connectivity index (χ0) is 14.0. The molecule has 102 valence electrons. The SMILES string of the molecule is Cc1nnc(CNc2ccc(F)c(C(F)(F)F)c2)o1. The molecule has 0 amide bonds. The van der Waals surface area contributed by atoms with Gasteiger partial charge in [-0.2, -0.15) is 13.2 Å². The molecule has 0 atom stereocenters. The second kappa shape index (κ2) is 4.87. The van der Waals surface area contributed by atoms with Crippen LogP contribution >= 0.6 is 0 Å². The van der Waals surface area contributed by atoms with E-state index in [1.165, 1.54) is 6.07 Å². The van der Waals surface area contributed by atoms with E-state index in [1.807, 2.05) is 0 Å². The minimum absolute atomic E-state index is 0.0593. The predicted octanol–water partition coefficient (Wildman–Crippen LogP) is 3.15. The summed E-state index contributed by atoms with van der Waals surface area (Å²) in [6.07, 6.45) is -4.73. The zero-order valence-electron chi connectivity index (χ0n) is 9.75. The number of alkyl halides is 3. The highest BCUT2D eigenvalue weighted by Crippen LogP contribution is 2.33. The molecule has 0 unspecified atom stereocenters. The van der Waals surface area contributed by atoms with Gasteiger partial charge in [-0.3, -0.25) is 0 Å². The van der Waals surface area contributed by atoms with Crippen molar-refractivity contribution < 1.29 is 22.0 Å². The smallest absolute Gasteiger partial charge is 0.419 e. The number of benzene rings is 1. The third-order valence-electron chi connectivity index (χ3n) is 2.28. The van der Waals surface area contributed by atoms with Crippen LogP contribution in [-0.2, 0) is 12.7 Å². The third kappa shape index (κ3) is 3.21. The highest BCUT2D eigenvalue weighted by atomic mass is 19.4. The van der Waals surface area contributed by atoms with Crippen molar-refractivity contribution in [3.05, 3.63) is 41.4 Å². The molecular formula is C11H9F4N3O. The highest BCUT2D eigenvalue weighted by molar-refractivity contribution is 5.47. The van der Waals surface area contributed by atoms with E-state index in [1.54, 1.807) is 6.92 Å². The standard InChI is InChI=1S/C11H9F4N3O/c1-6-17-18-10(19-6)5-16-7-2-3-9(12)8(4-7)11(13,14)15/h2-4,16H,5H2,1H3. The maximum atomic E-state index is 13.0. The summed E-state index contributed by atoms with van der Waals surface area (Å²) < 4.78 is 55.5. The molecule has 1 aromatic carbocycles. The average Bonchev–Trinajstić information content (AvgIpc) is 2.72. The van der Waals surface area contributed by atoms with Gasteiger partial charge in [0.25, 0.3) is 0 Å². The topological polar surface area (TPSA) is 51.0 Å². The molecular weight excluding hydrogens is 266 g/mol. The van der Waals surface area contributed by atoms with Crippen LogP contribution in [-0.4, -0.2) is 10.2 Å². The number of nitrogens with zero attached hydrogens (tertiary/aromatic N) is 2. The van der Waals surface area contributed by atoms with Gasteiger partial charge in [0.15, 0.2) is 0 Å². The van der Waals surface area contributed by atoms with Gasteiger partial charge < -0.3 is 9.73 Å². The molecule has 1 heterocycles. The lowest BCUT2D eigenvalue weighted by molar-refractivity contribution is -0.139. The second-order valence-electron chi connectivity index (χ2n) is 3.76. The number of aromatic nitrogens is 2. The largest absolute Gasteiger partial charge is 0.424 e. The molecule has 1 aromatic heterocycles. The van der Waals surface area contributed by atoms with Crippen molar-refractivity contribution in [2.75, 3.05) is 5.32 Å². The van der Waals surface area contributed by atoms with Gasteiger partial charge in [-0.25, -0.2) is 4.39 Å². The second-order valence-corrected chi connectivity index (χ2v) is 3.76. The van der Waals surface area contributed by atoms with Crippen LogP contribution in [0.15, 0.2) is 22.6 Å². The van der Waals surface area contributed by atoms with E-state index in [4.69, 9.17) is 4.42 Å². The maximum absolute atomic E-state index is 13.0. The summed E-state index contributed by atoms with van der Waals surface area (Å²) >= 11 is 0. The number of nitrogens with one attached hydrogen (secondary N) is 1. The van der Waals surface area contributed by atoms with Crippen LogP contribution in [0.1, 0.15) is 17.3 Å². The number of aryl methyl sites for hydroxylation is 1. The van der Waals surface area contributed by atoms with E-state index < -0.39 is 17.6 Å². The van der Waals surface area contributed by atoms with Gasteiger partial charge in [-0.05, 0) is 18.2 Å². The summed E-state index contributed by atoms with van der Waals surface area (Å²) in [5.41, 5.74) is -1.20. The van der Waals surface area contributed by atoms with E-state index in [0.29, 0.717) is 12.0 Å². The van der Waals surface area contributed by atoms with Crippen LogP contribution in [0.25, 0.3) is 0 Å². The van der Waals surface area contributed by atoms with Gasteiger partial charge in [-0.15, -0.1) is 10.2 Å². The van der Waals surface area contributed by atoms with Crippen molar-refractivity contribution in [2.45, 2.75) is 19.6 Å². The normalized spacial score (nSPS) is 11.6. The Morgan fingerprint density at radius 1 is 1.26 bits per heavy atom. The molecule has 0 aliphatic carbocycles. The summed E-state index contributed by atoms with van der Waals surface area (Å²) in [6.45, 7) is 1.65. The molecule has 0 aliphatic rings. The van der Waals surface area contributed by atoms with Gasteiger partial charge in [0.05, 0.1) is 12.1 Å². The molecule has 1 N–H and O–H groups in total. The minimum Gasteiger partial charge on any atom is -0.424 e. The summed E-state index contributed by atoms with van der Waals surface area (Å²) in [4.78, 5) is 0. The molecule has 0 spiro atoms. The van der Waals surface area contributed by atoms with Crippen molar-refractivity contribution in [3.63, 3.8) is 0 Å². The van der Waals surface area contributed by atoms with Gasteiger partial charge in [0.1, 0.15) is 5.82 Å². The first-order chi connectivity index (χ1) is 8.86. The molecule has 0 saturated carbocycles.